The van der Waals surface area contributed by atoms with Gasteiger partial charge in [0.15, 0.2) is 0 Å². The van der Waals surface area contributed by atoms with Crippen LogP contribution in [-0.4, -0.2) is 54.9 Å². The number of morpholine rings is 1. The van der Waals surface area contributed by atoms with E-state index in [1.165, 1.54) is 6.07 Å². The minimum atomic E-state index is -1.02. The van der Waals surface area contributed by atoms with E-state index < -0.39 is 5.60 Å². The van der Waals surface area contributed by atoms with Gasteiger partial charge in [-0.1, -0.05) is 24.3 Å². The fraction of sp³-hybridized carbons (Fsp3) is 0.350. The summed E-state index contributed by atoms with van der Waals surface area (Å²) in [7, 11) is 1.55. The Bertz CT molecular complexity index is 782. The molecular weight excluding hydrogens is 337 g/mol. The van der Waals surface area contributed by atoms with Crippen LogP contribution in [0, 0.1) is 5.82 Å². The van der Waals surface area contributed by atoms with Crippen LogP contribution in [-0.2, 0) is 11.2 Å². The smallest absolute Gasteiger partial charge is 0.254 e. The highest BCUT2D eigenvalue weighted by molar-refractivity contribution is 5.94. The zero-order valence-electron chi connectivity index (χ0n) is 14.7. The molecule has 1 amide bonds. The van der Waals surface area contributed by atoms with E-state index in [-0.39, 0.29) is 37.9 Å². The highest BCUT2D eigenvalue weighted by Gasteiger charge is 2.39. The number of carbonyl (C=O) groups is 1. The van der Waals surface area contributed by atoms with Crippen LogP contribution < -0.4 is 4.74 Å². The number of hydrogen-bond acceptors (Lipinski definition) is 4. The number of benzene rings is 2. The zero-order chi connectivity index (χ0) is 18.6. The predicted octanol–water partition coefficient (Wildman–Crippen LogP) is 2.28. The first-order valence-corrected chi connectivity index (χ1v) is 8.48. The van der Waals surface area contributed by atoms with Gasteiger partial charge in [0.2, 0.25) is 0 Å². The lowest BCUT2D eigenvalue weighted by Crippen LogP contribution is -2.56. The van der Waals surface area contributed by atoms with E-state index in [1.54, 1.807) is 54.5 Å². The van der Waals surface area contributed by atoms with Crippen LogP contribution in [0.2, 0.25) is 0 Å². The summed E-state index contributed by atoms with van der Waals surface area (Å²) in [6.07, 6.45) is 0.193. The van der Waals surface area contributed by atoms with Crippen molar-refractivity contribution in [1.29, 1.82) is 0 Å². The summed E-state index contributed by atoms with van der Waals surface area (Å²) in [4.78, 5) is 14.5. The van der Waals surface area contributed by atoms with Crippen molar-refractivity contribution >= 4 is 5.91 Å². The highest BCUT2D eigenvalue weighted by atomic mass is 19.1. The van der Waals surface area contributed by atoms with E-state index in [2.05, 4.69) is 0 Å². The Balaban J connectivity index is 1.80. The molecule has 1 aliphatic heterocycles. The molecule has 0 bridgehead atoms. The monoisotopic (exact) mass is 359 g/mol. The molecule has 0 spiro atoms. The fourth-order valence-electron chi connectivity index (χ4n) is 3.20. The molecule has 1 atom stereocenters. The van der Waals surface area contributed by atoms with Gasteiger partial charge in [-0.05, 0) is 29.8 Å². The van der Waals surface area contributed by atoms with Gasteiger partial charge in [0.05, 0.1) is 26.9 Å². The van der Waals surface area contributed by atoms with Gasteiger partial charge >= 0.3 is 0 Å². The summed E-state index contributed by atoms with van der Waals surface area (Å²) in [6.45, 7) is 0.580. The second-order valence-corrected chi connectivity index (χ2v) is 6.42. The highest BCUT2D eigenvalue weighted by Crippen LogP contribution is 2.26. The largest absolute Gasteiger partial charge is 0.497 e. The molecule has 0 unspecified atom stereocenters. The number of halogens is 1. The van der Waals surface area contributed by atoms with Gasteiger partial charge in [-0.3, -0.25) is 4.79 Å². The van der Waals surface area contributed by atoms with Crippen LogP contribution in [0.25, 0.3) is 0 Å². The molecular formula is C20H22FNO4. The van der Waals surface area contributed by atoms with E-state index in [4.69, 9.17) is 9.47 Å². The van der Waals surface area contributed by atoms with Crippen molar-refractivity contribution < 1.29 is 23.8 Å². The number of nitrogens with zero attached hydrogens (tertiary/aromatic N) is 1. The molecule has 1 heterocycles. The van der Waals surface area contributed by atoms with Gasteiger partial charge in [0.1, 0.15) is 17.2 Å². The Labute approximate surface area is 152 Å². The average molecular weight is 359 g/mol. The van der Waals surface area contributed by atoms with Crippen molar-refractivity contribution in [2.45, 2.75) is 12.0 Å². The number of carbonyl (C=O) groups excluding carboxylic acids is 1. The molecule has 5 nitrogen and oxygen atoms in total. The summed E-state index contributed by atoms with van der Waals surface area (Å²) >= 11 is 0. The van der Waals surface area contributed by atoms with E-state index in [0.29, 0.717) is 23.4 Å². The standard InChI is InChI=1S/C20H22FNO4/c1-25-17-7-4-6-15(11-17)19(24)22-9-10-26-20(13-22,14-23)12-16-5-2-3-8-18(16)21/h2-8,11,23H,9-10,12-14H2,1H3/t20-/m0/s1. The Hall–Kier alpha value is -2.44. The van der Waals surface area contributed by atoms with Gasteiger partial charge in [-0.2, -0.15) is 0 Å². The lowest BCUT2D eigenvalue weighted by atomic mass is 9.92. The molecule has 1 aliphatic rings. The van der Waals surface area contributed by atoms with Gasteiger partial charge in [-0.25, -0.2) is 4.39 Å². The molecule has 0 aliphatic carbocycles. The Kier molecular flexibility index (Phi) is 5.54. The van der Waals surface area contributed by atoms with Crippen LogP contribution in [0.5, 0.6) is 5.75 Å². The van der Waals surface area contributed by atoms with Crippen LogP contribution >= 0.6 is 0 Å². The van der Waals surface area contributed by atoms with Crippen LogP contribution in [0.1, 0.15) is 15.9 Å². The Morgan fingerprint density at radius 2 is 2.12 bits per heavy atom. The molecule has 0 saturated carbocycles. The van der Waals surface area contributed by atoms with Crippen molar-refractivity contribution in [3.8, 4) is 5.75 Å². The first-order chi connectivity index (χ1) is 12.6. The molecule has 3 rings (SSSR count). The van der Waals surface area contributed by atoms with E-state index in [9.17, 15) is 14.3 Å². The van der Waals surface area contributed by atoms with E-state index in [1.807, 2.05) is 0 Å². The Morgan fingerprint density at radius 3 is 2.85 bits per heavy atom. The third-order valence-electron chi connectivity index (χ3n) is 4.61. The maximum atomic E-state index is 14.0. The first kappa shape index (κ1) is 18.4. The summed E-state index contributed by atoms with van der Waals surface area (Å²) < 4.78 is 25.0. The number of aliphatic hydroxyl groups is 1. The van der Waals surface area contributed by atoms with Crippen LogP contribution in [0.4, 0.5) is 4.39 Å². The van der Waals surface area contributed by atoms with Crippen molar-refractivity contribution in [2.24, 2.45) is 0 Å². The minimum Gasteiger partial charge on any atom is -0.497 e. The number of amides is 1. The summed E-state index contributed by atoms with van der Waals surface area (Å²) in [5.41, 5.74) is -0.0594. The summed E-state index contributed by atoms with van der Waals surface area (Å²) in [5, 5.41) is 9.94. The number of hydrogen-bond donors (Lipinski definition) is 1. The second kappa shape index (κ2) is 7.85. The van der Waals surface area contributed by atoms with Crippen molar-refractivity contribution in [3.63, 3.8) is 0 Å². The van der Waals surface area contributed by atoms with Gasteiger partial charge in [-0.15, -0.1) is 0 Å². The number of ether oxygens (including phenoxy) is 2. The van der Waals surface area contributed by atoms with Crippen molar-refractivity contribution in [3.05, 3.63) is 65.5 Å². The second-order valence-electron chi connectivity index (χ2n) is 6.42. The molecule has 1 saturated heterocycles. The maximum absolute atomic E-state index is 14.0. The third-order valence-corrected chi connectivity index (χ3v) is 4.61. The summed E-state index contributed by atoms with van der Waals surface area (Å²) in [6, 6.07) is 13.3. The van der Waals surface area contributed by atoms with E-state index >= 15 is 0 Å². The molecule has 0 aromatic heterocycles. The first-order valence-electron chi connectivity index (χ1n) is 8.48. The third kappa shape index (κ3) is 3.86. The molecule has 0 radical (unpaired) electrons. The molecule has 138 valence electrons. The van der Waals surface area contributed by atoms with Crippen LogP contribution in [0.15, 0.2) is 48.5 Å². The van der Waals surface area contributed by atoms with Crippen molar-refractivity contribution in [2.75, 3.05) is 33.4 Å². The maximum Gasteiger partial charge on any atom is 0.254 e. The normalized spacial score (nSPS) is 20.0. The Morgan fingerprint density at radius 1 is 1.31 bits per heavy atom. The lowest BCUT2D eigenvalue weighted by molar-refractivity contribution is -0.123. The quantitative estimate of drug-likeness (QED) is 0.890. The topological polar surface area (TPSA) is 59.0 Å². The SMILES string of the molecule is COc1cccc(C(=O)N2CCO[C@@](CO)(Cc3ccccc3F)C2)c1. The molecule has 2 aromatic carbocycles. The number of aliphatic hydroxyl groups excluding tert-OH is 1. The minimum absolute atomic E-state index is 0.168. The zero-order valence-corrected chi connectivity index (χ0v) is 14.7. The number of methoxy groups -OCH3 is 1. The molecule has 1 N–H and O–H groups in total. The van der Waals surface area contributed by atoms with Gasteiger partial charge in [0, 0.05) is 18.5 Å². The van der Waals surface area contributed by atoms with Crippen molar-refractivity contribution in [1.82, 2.24) is 4.90 Å². The summed E-state index contributed by atoms with van der Waals surface area (Å²) in [5.74, 6) is 0.0858. The lowest BCUT2D eigenvalue weighted by Gasteiger charge is -2.42. The van der Waals surface area contributed by atoms with Crippen LogP contribution in [0.3, 0.4) is 0 Å². The molecule has 2 aromatic rings. The molecule has 26 heavy (non-hydrogen) atoms. The fourth-order valence-corrected chi connectivity index (χ4v) is 3.20. The average Bonchev–Trinajstić information content (AvgIpc) is 2.69. The predicted molar refractivity (Wildman–Crippen MR) is 94.8 cm³/mol. The molecule has 6 heteroatoms. The van der Waals surface area contributed by atoms with Gasteiger partial charge in [0.25, 0.3) is 5.91 Å². The molecule has 1 fully saturated rings. The van der Waals surface area contributed by atoms with E-state index in [0.717, 1.165) is 0 Å². The number of rotatable bonds is 5. The van der Waals surface area contributed by atoms with Gasteiger partial charge < -0.3 is 19.5 Å².